The van der Waals surface area contributed by atoms with Gasteiger partial charge in [-0.3, -0.25) is 0 Å². The highest BCUT2D eigenvalue weighted by Crippen LogP contribution is 2.55. The van der Waals surface area contributed by atoms with E-state index in [1.807, 2.05) is 6.07 Å². The van der Waals surface area contributed by atoms with Crippen LogP contribution in [0.5, 0.6) is 0 Å². The first-order valence-corrected chi connectivity index (χ1v) is 20.5. The van der Waals surface area contributed by atoms with E-state index in [1.54, 1.807) is 0 Å². The largest absolute Gasteiger partial charge is 0.455 e. The van der Waals surface area contributed by atoms with E-state index in [0.29, 0.717) is 0 Å². The molecule has 12 rings (SSSR count). The Morgan fingerprint density at radius 3 is 1.54 bits per heavy atom. The third-order valence-corrected chi connectivity index (χ3v) is 12.9. The monoisotopic (exact) mass is 753 g/mol. The predicted molar refractivity (Wildman–Crippen MR) is 247 cm³/mol. The smallest absolute Gasteiger partial charge is 0.143 e. The Balaban J connectivity index is 1.10. The van der Waals surface area contributed by atoms with E-state index >= 15 is 0 Å². The lowest BCUT2D eigenvalue weighted by molar-refractivity contribution is 0.660. The summed E-state index contributed by atoms with van der Waals surface area (Å²) in [4.78, 5) is 2.48. The lowest BCUT2D eigenvalue weighted by atomic mass is 9.80. The van der Waals surface area contributed by atoms with Gasteiger partial charge in [-0.15, -0.1) is 0 Å². The summed E-state index contributed by atoms with van der Waals surface area (Å²) < 4.78 is 6.49. The zero-order valence-electron chi connectivity index (χ0n) is 32.9. The minimum Gasteiger partial charge on any atom is -0.455 e. The zero-order chi connectivity index (χ0) is 39.2. The van der Waals surface area contributed by atoms with Crippen molar-refractivity contribution < 1.29 is 4.42 Å². The molecule has 2 nitrogen and oxygen atoms in total. The van der Waals surface area contributed by atoms with E-state index in [1.165, 1.54) is 66.8 Å². The molecule has 0 radical (unpaired) electrons. The van der Waals surface area contributed by atoms with Crippen LogP contribution in [0.2, 0.25) is 0 Å². The molecule has 1 heterocycles. The Bertz CT molecular complexity index is 3300. The topological polar surface area (TPSA) is 16.4 Å². The van der Waals surface area contributed by atoms with Crippen LogP contribution in [0.4, 0.5) is 17.1 Å². The van der Waals surface area contributed by atoms with Crippen LogP contribution >= 0.6 is 0 Å². The normalized spacial score (nSPS) is 13.1. The highest BCUT2D eigenvalue weighted by molar-refractivity contribution is 6.10. The summed E-state index contributed by atoms with van der Waals surface area (Å²) in [6, 6.07) is 73.4. The first-order valence-electron chi connectivity index (χ1n) is 20.5. The van der Waals surface area contributed by atoms with Gasteiger partial charge in [0.2, 0.25) is 0 Å². The number of rotatable bonds is 4. The van der Waals surface area contributed by atoms with Gasteiger partial charge in [-0.2, -0.15) is 0 Å². The minimum absolute atomic E-state index is 0.134. The molecule has 0 bridgehead atoms. The lowest BCUT2D eigenvalue weighted by Crippen LogP contribution is -2.16. The van der Waals surface area contributed by atoms with Gasteiger partial charge in [-0.25, -0.2) is 0 Å². The third-order valence-electron chi connectivity index (χ3n) is 12.9. The van der Waals surface area contributed by atoms with Crippen molar-refractivity contribution in [2.45, 2.75) is 19.3 Å². The SMILES string of the molecule is CC1(C)c2ccccc2-c2c(N(c3ccc(-c4cccc5c4oc4ccccc45)cc3)c3ccc4c(c3)-c3ccccc3-c3ccccc3-c3ccccc3-4)cccc21. The maximum absolute atomic E-state index is 6.49. The van der Waals surface area contributed by atoms with E-state index in [-0.39, 0.29) is 5.41 Å². The first kappa shape index (κ1) is 33.7. The number of hydrogen-bond acceptors (Lipinski definition) is 2. The third kappa shape index (κ3) is 5.00. The molecular weight excluding hydrogens is 715 g/mol. The van der Waals surface area contributed by atoms with Crippen molar-refractivity contribution >= 4 is 39.0 Å². The van der Waals surface area contributed by atoms with Gasteiger partial charge in [-0.05, 0) is 103 Å². The van der Waals surface area contributed by atoms with Crippen molar-refractivity contribution in [1.29, 1.82) is 0 Å². The highest BCUT2D eigenvalue weighted by atomic mass is 16.3. The Morgan fingerprint density at radius 1 is 0.373 bits per heavy atom. The number of furan rings is 1. The molecule has 0 spiro atoms. The average Bonchev–Trinajstić information content (AvgIpc) is 3.79. The molecule has 9 aromatic carbocycles. The van der Waals surface area contributed by atoms with Crippen LogP contribution in [-0.2, 0) is 5.41 Å². The Kier molecular flexibility index (Phi) is 7.31. The Morgan fingerprint density at radius 2 is 0.864 bits per heavy atom. The number of benzene rings is 9. The number of nitrogens with zero attached hydrogens (tertiary/aromatic N) is 1. The predicted octanol–water partition coefficient (Wildman–Crippen LogP) is 16.0. The van der Waals surface area contributed by atoms with Crippen molar-refractivity contribution in [1.82, 2.24) is 0 Å². The molecule has 0 amide bonds. The lowest BCUT2D eigenvalue weighted by Gasteiger charge is -2.30. The number of para-hydroxylation sites is 2. The molecule has 0 fully saturated rings. The van der Waals surface area contributed by atoms with Crippen LogP contribution in [0.25, 0.3) is 88.7 Å². The number of fused-ring (bicyclic) bond motifs is 14. The molecule has 0 N–H and O–H groups in total. The number of anilines is 3. The molecule has 0 saturated heterocycles. The summed E-state index contributed by atoms with van der Waals surface area (Å²) >= 11 is 0. The first-order chi connectivity index (χ1) is 29.0. The molecule has 0 saturated carbocycles. The Labute approximate surface area is 344 Å². The summed E-state index contributed by atoms with van der Waals surface area (Å²) in [7, 11) is 0. The fourth-order valence-electron chi connectivity index (χ4n) is 10.1. The van der Waals surface area contributed by atoms with Crippen molar-refractivity contribution in [3.05, 3.63) is 211 Å². The van der Waals surface area contributed by atoms with Gasteiger partial charge in [-0.1, -0.05) is 178 Å². The van der Waals surface area contributed by atoms with Crippen LogP contribution in [0.3, 0.4) is 0 Å². The second kappa shape index (κ2) is 12.8. The highest BCUT2D eigenvalue weighted by Gasteiger charge is 2.38. The zero-order valence-corrected chi connectivity index (χ0v) is 32.9. The van der Waals surface area contributed by atoms with Crippen molar-refractivity contribution in [2.24, 2.45) is 0 Å². The molecule has 59 heavy (non-hydrogen) atoms. The van der Waals surface area contributed by atoms with Crippen LogP contribution in [0.1, 0.15) is 25.0 Å². The van der Waals surface area contributed by atoms with Crippen LogP contribution in [-0.4, -0.2) is 0 Å². The van der Waals surface area contributed by atoms with Crippen molar-refractivity contribution in [2.75, 3.05) is 4.90 Å². The second-order valence-electron chi connectivity index (χ2n) is 16.4. The van der Waals surface area contributed by atoms with Gasteiger partial charge in [0.05, 0.1) is 5.69 Å². The summed E-state index contributed by atoms with van der Waals surface area (Å²) in [5.74, 6) is 0. The maximum Gasteiger partial charge on any atom is 0.143 e. The van der Waals surface area contributed by atoms with Crippen molar-refractivity contribution in [3.63, 3.8) is 0 Å². The molecule has 2 heteroatoms. The molecular formula is C57H39NO. The van der Waals surface area contributed by atoms with E-state index in [2.05, 4.69) is 213 Å². The molecule has 0 unspecified atom stereocenters. The summed E-state index contributed by atoms with van der Waals surface area (Å²) in [5, 5.41) is 2.27. The van der Waals surface area contributed by atoms with E-state index in [4.69, 9.17) is 4.42 Å². The van der Waals surface area contributed by atoms with Crippen LogP contribution < -0.4 is 4.90 Å². The van der Waals surface area contributed by atoms with E-state index < -0.39 is 0 Å². The number of hydrogen-bond donors (Lipinski definition) is 0. The van der Waals surface area contributed by atoms with Gasteiger partial charge in [0.15, 0.2) is 0 Å². The quantitative estimate of drug-likeness (QED) is 0.178. The fourth-order valence-corrected chi connectivity index (χ4v) is 10.1. The van der Waals surface area contributed by atoms with E-state index in [9.17, 15) is 0 Å². The van der Waals surface area contributed by atoms with Gasteiger partial charge < -0.3 is 9.32 Å². The van der Waals surface area contributed by atoms with Gasteiger partial charge in [0.1, 0.15) is 11.2 Å². The van der Waals surface area contributed by atoms with Gasteiger partial charge in [0.25, 0.3) is 0 Å². The summed E-state index contributed by atoms with van der Waals surface area (Å²) in [5.41, 5.74) is 22.4. The van der Waals surface area contributed by atoms with Gasteiger partial charge in [0, 0.05) is 38.7 Å². The minimum atomic E-state index is -0.134. The molecule has 2 aliphatic rings. The Hall–Kier alpha value is -7.42. The standard InChI is InChI=1S/C57H39NO/c1-57(2)51-25-11-9-22-49(51)55-52(57)26-14-27-53(55)58(37-31-29-36(30-32-37)39-23-13-24-48-47-21-10-12-28-54(47)59-56(39)48)38-33-34-46-44-19-6-5-17-42(44)40-15-3-4-16-41(40)43-18-7-8-20-45(43)50(46)35-38/h3-35H,1-2H3. The molecule has 278 valence electrons. The van der Waals surface area contributed by atoms with Crippen LogP contribution in [0.15, 0.2) is 205 Å². The maximum atomic E-state index is 6.49. The fraction of sp³-hybridized carbons (Fsp3) is 0.0526. The average molecular weight is 754 g/mol. The van der Waals surface area contributed by atoms with Crippen molar-refractivity contribution in [3.8, 4) is 66.8 Å². The molecule has 2 aliphatic carbocycles. The van der Waals surface area contributed by atoms with E-state index in [0.717, 1.165) is 50.1 Å². The summed E-state index contributed by atoms with van der Waals surface area (Å²) in [6.45, 7) is 4.72. The molecule has 10 aromatic rings. The second-order valence-corrected chi connectivity index (χ2v) is 16.4. The summed E-state index contributed by atoms with van der Waals surface area (Å²) in [6.07, 6.45) is 0. The molecule has 0 aliphatic heterocycles. The van der Waals surface area contributed by atoms with Crippen LogP contribution in [0, 0.1) is 0 Å². The molecule has 0 atom stereocenters. The molecule has 1 aromatic heterocycles. The van der Waals surface area contributed by atoms with Gasteiger partial charge >= 0.3 is 0 Å².